The lowest BCUT2D eigenvalue weighted by Crippen LogP contribution is -2.52. The molecule has 57 heavy (non-hydrogen) atoms. The molecule has 0 bridgehead atoms. The number of halogens is 4. The van der Waals surface area contributed by atoms with Crippen molar-refractivity contribution in [3.8, 4) is 5.75 Å². The Morgan fingerprint density at radius 1 is 0.930 bits per heavy atom. The van der Waals surface area contributed by atoms with Crippen molar-refractivity contribution in [3.63, 3.8) is 0 Å². The van der Waals surface area contributed by atoms with Crippen LogP contribution in [0.2, 0.25) is 5.02 Å². The number of alkyl halides is 3. The van der Waals surface area contributed by atoms with E-state index in [1.54, 1.807) is 29.9 Å². The maximum absolute atomic E-state index is 14.1. The molecule has 4 aliphatic rings. The van der Waals surface area contributed by atoms with Crippen molar-refractivity contribution in [2.45, 2.75) is 76.6 Å². The molecule has 2 aromatic rings. The number of fused-ring (bicyclic) bond motifs is 1. The summed E-state index contributed by atoms with van der Waals surface area (Å²) in [5.74, 6) is 0.795. The first-order chi connectivity index (χ1) is 27.2. The average molecular weight is 821 g/mol. The molecule has 0 aromatic heterocycles. The van der Waals surface area contributed by atoms with Crippen molar-refractivity contribution in [3.05, 3.63) is 52.0 Å². The third-order valence-corrected chi connectivity index (χ3v) is 12.2. The molecule has 3 fully saturated rings. The second-order valence-electron chi connectivity index (χ2n) is 15.3. The summed E-state index contributed by atoms with van der Waals surface area (Å²) in [5.41, 5.74) is 5.68. The fourth-order valence-electron chi connectivity index (χ4n) is 8.65. The minimum atomic E-state index is -4.79. The molecular formula is C40H52ClF3N6O7. The smallest absolute Gasteiger partial charge is 0.418 e. The Hall–Kier alpha value is -4.44. The molecule has 4 heterocycles. The first-order valence-corrected chi connectivity index (χ1v) is 20.1. The van der Waals surface area contributed by atoms with Crippen LogP contribution >= 0.6 is 11.6 Å². The van der Waals surface area contributed by atoms with E-state index in [-0.39, 0.29) is 54.7 Å². The molecule has 3 N–H and O–H groups in total. The van der Waals surface area contributed by atoms with E-state index >= 15 is 0 Å². The number of nitrogens with zero attached hydrogens (tertiary/aromatic N) is 4. The number of anilines is 2. The highest BCUT2D eigenvalue weighted by Gasteiger charge is 2.39. The maximum atomic E-state index is 14.1. The molecule has 13 nitrogen and oxygen atoms in total. The number of hydrogen-bond acceptors (Lipinski definition) is 9. The van der Waals surface area contributed by atoms with Gasteiger partial charge in [-0.3, -0.25) is 14.5 Å². The number of carbonyl (C=O) groups excluding carboxylic acids is 4. The summed E-state index contributed by atoms with van der Waals surface area (Å²) in [6.07, 6.45) is -2.40. The molecule has 0 radical (unpaired) electrons. The highest BCUT2D eigenvalue weighted by Crippen LogP contribution is 2.39. The number of nitrogen functional groups attached to an aromatic ring is 1. The molecule has 0 spiro atoms. The second-order valence-corrected chi connectivity index (χ2v) is 15.7. The first-order valence-electron chi connectivity index (χ1n) is 19.8. The Bertz CT molecular complexity index is 1780. The van der Waals surface area contributed by atoms with Gasteiger partial charge in [0.1, 0.15) is 5.75 Å². The molecule has 1 atom stereocenters. The van der Waals surface area contributed by atoms with Gasteiger partial charge in [0.25, 0.3) is 5.91 Å². The van der Waals surface area contributed by atoms with E-state index in [4.69, 9.17) is 31.5 Å². The van der Waals surface area contributed by atoms with Crippen molar-refractivity contribution in [1.82, 2.24) is 19.6 Å². The monoisotopic (exact) mass is 820 g/mol. The van der Waals surface area contributed by atoms with E-state index in [1.807, 2.05) is 12.1 Å². The summed E-state index contributed by atoms with van der Waals surface area (Å²) in [4.78, 5) is 60.0. The van der Waals surface area contributed by atoms with Crippen LogP contribution in [0.5, 0.6) is 5.75 Å². The van der Waals surface area contributed by atoms with E-state index in [0.717, 1.165) is 56.1 Å². The van der Waals surface area contributed by atoms with E-state index < -0.39 is 35.5 Å². The largest absolute Gasteiger partial charge is 0.497 e. The number of esters is 1. The Balaban J connectivity index is 1.09. The van der Waals surface area contributed by atoms with Crippen LogP contribution in [0.1, 0.15) is 62.1 Å². The van der Waals surface area contributed by atoms with Gasteiger partial charge in [0.15, 0.2) is 6.10 Å². The Morgan fingerprint density at radius 3 is 2.21 bits per heavy atom. The summed E-state index contributed by atoms with van der Waals surface area (Å²) < 4.78 is 58.0. The van der Waals surface area contributed by atoms with E-state index in [1.165, 1.54) is 11.0 Å². The number of amides is 4. The molecule has 17 heteroatoms. The minimum absolute atomic E-state index is 0.0571. The van der Waals surface area contributed by atoms with Crippen LogP contribution in [0, 0.1) is 11.8 Å². The third-order valence-electron chi connectivity index (χ3n) is 11.8. The van der Waals surface area contributed by atoms with Crippen LogP contribution < -0.4 is 15.8 Å². The van der Waals surface area contributed by atoms with Gasteiger partial charge >= 0.3 is 24.3 Å². The predicted octanol–water partition coefficient (Wildman–Crippen LogP) is 6.07. The average Bonchev–Trinajstić information content (AvgIpc) is 3.36. The normalized spacial score (nSPS) is 19.7. The van der Waals surface area contributed by atoms with Gasteiger partial charge in [-0.2, -0.15) is 13.2 Å². The number of carbonyl (C=O) groups is 4. The Morgan fingerprint density at radius 2 is 1.58 bits per heavy atom. The number of urea groups is 1. The minimum Gasteiger partial charge on any atom is -0.497 e. The zero-order valence-electron chi connectivity index (χ0n) is 32.5. The zero-order valence-corrected chi connectivity index (χ0v) is 33.2. The molecule has 3 saturated heterocycles. The van der Waals surface area contributed by atoms with Gasteiger partial charge in [-0.1, -0.05) is 11.6 Å². The summed E-state index contributed by atoms with van der Waals surface area (Å²) in [7, 11) is 1.59. The van der Waals surface area contributed by atoms with Gasteiger partial charge in [-0.05, 0) is 118 Å². The van der Waals surface area contributed by atoms with Crippen LogP contribution in [0.3, 0.4) is 0 Å². The number of nitrogens with two attached hydrogens (primary N) is 1. The molecule has 312 valence electrons. The number of piperidine rings is 3. The van der Waals surface area contributed by atoms with Crippen molar-refractivity contribution in [2.24, 2.45) is 11.8 Å². The number of benzene rings is 2. The van der Waals surface area contributed by atoms with Gasteiger partial charge in [-0.25, -0.2) is 9.59 Å². The van der Waals surface area contributed by atoms with Gasteiger partial charge in [0.05, 0.1) is 36.5 Å². The molecule has 4 aliphatic heterocycles. The summed E-state index contributed by atoms with van der Waals surface area (Å²) >= 11 is 6.14. The number of nitrogens with one attached hydrogen (secondary N) is 1. The van der Waals surface area contributed by atoms with Crippen LogP contribution in [-0.4, -0.2) is 122 Å². The SMILES string of the molecule is CCOC(=O)CN1CCC(C2CCN(C(=O)[C@@H](Cc3cc(Cl)c(N)c(C(F)(F)F)c3)OC(=O)N3CCC(N4CCc5cc(OC)ccc5NC4=O)CC3)CC2)CC1. The molecule has 0 saturated carbocycles. The fraction of sp³-hybridized carbons (Fsp3) is 0.600. The lowest BCUT2D eigenvalue weighted by Gasteiger charge is -2.41. The molecule has 6 rings (SSSR count). The van der Waals surface area contributed by atoms with E-state index in [2.05, 4.69) is 10.2 Å². The molecule has 2 aromatic carbocycles. The van der Waals surface area contributed by atoms with Crippen molar-refractivity contribution >= 4 is 47.0 Å². The van der Waals surface area contributed by atoms with E-state index in [9.17, 15) is 32.3 Å². The number of methoxy groups -OCH3 is 1. The van der Waals surface area contributed by atoms with Crippen LogP contribution in [0.4, 0.5) is 34.1 Å². The van der Waals surface area contributed by atoms with Gasteiger partial charge < -0.3 is 40.0 Å². The lowest BCUT2D eigenvalue weighted by molar-refractivity contribution is -0.144. The number of hydrogen-bond donors (Lipinski definition) is 2. The number of likely N-dealkylation sites (tertiary alicyclic amines) is 3. The topological polar surface area (TPSA) is 147 Å². The van der Waals surface area contributed by atoms with E-state index in [0.29, 0.717) is 63.1 Å². The maximum Gasteiger partial charge on any atom is 0.418 e. The molecular weight excluding hydrogens is 769 g/mol. The lowest BCUT2D eigenvalue weighted by atomic mass is 9.78. The van der Waals surface area contributed by atoms with Gasteiger partial charge in [0, 0.05) is 50.9 Å². The van der Waals surface area contributed by atoms with Crippen LogP contribution in [0.25, 0.3) is 0 Å². The Kier molecular flexibility index (Phi) is 13.6. The quantitative estimate of drug-likeness (QED) is 0.216. The van der Waals surface area contributed by atoms with Crippen LogP contribution in [0.15, 0.2) is 30.3 Å². The molecule has 0 unspecified atom stereocenters. The summed E-state index contributed by atoms with van der Waals surface area (Å²) in [6, 6.07) is 7.26. The van der Waals surface area contributed by atoms with Crippen molar-refractivity contribution in [1.29, 1.82) is 0 Å². The second kappa shape index (κ2) is 18.4. The van der Waals surface area contributed by atoms with Crippen molar-refractivity contribution in [2.75, 3.05) is 77.1 Å². The predicted molar refractivity (Wildman–Crippen MR) is 207 cm³/mol. The molecule has 0 aliphatic carbocycles. The fourth-order valence-corrected chi connectivity index (χ4v) is 8.89. The van der Waals surface area contributed by atoms with Crippen molar-refractivity contribution < 1.29 is 46.6 Å². The van der Waals surface area contributed by atoms with Gasteiger partial charge in [0.2, 0.25) is 0 Å². The molecule has 4 amide bonds. The zero-order chi connectivity index (χ0) is 40.9. The number of ether oxygens (including phenoxy) is 3. The Labute approximate surface area is 335 Å². The summed E-state index contributed by atoms with van der Waals surface area (Å²) in [6.45, 7) is 5.80. The van der Waals surface area contributed by atoms with Crippen LogP contribution in [-0.2, 0) is 38.1 Å². The highest BCUT2D eigenvalue weighted by molar-refractivity contribution is 6.33. The third kappa shape index (κ3) is 10.4. The number of rotatable bonds is 10. The standard InChI is InChI=1S/C40H52ClF3N6O7/c1-3-56-35(51)24-47-13-6-26(7-14-47)27-8-15-48(16-9-27)37(52)34(22-25-20-31(40(42,43)44)36(45)32(41)21-25)57-39(54)49-17-11-29(12-18-49)50-19-10-28-23-30(55-2)4-5-33(28)46-38(50)53/h4-5,20-21,23,26-27,29,34H,3,6-19,22,24,45H2,1-2H3,(H,46,53)/t34-/m1/s1. The highest BCUT2D eigenvalue weighted by atomic mass is 35.5. The van der Waals surface area contributed by atoms with Gasteiger partial charge in [-0.15, -0.1) is 0 Å². The first kappa shape index (κ1) is 42.2. The summed E-state index contributed by atoms with van der Waals surface area (Å²) in [5, 5.41) is 2.67.